The van der Waals surface area contributed by atoms with Gasteiger partial charge in [-0.15, -0.1) is 0 Å². The first-order valence-electron chi connectivity index (χ1n) is 4.15. The van der Waals surface area contributed by atoms with Gasteiger partial charge >= 0.3 is 5.97 Å². The van der Waals surface area contributed by atoms with E-state index in [0.717, 1.165) is 0 Å². The van der Waals surface area contributed by atoms with Crippen LogP contribution in [0.5, 0.6) is 0 Å². The maximum atomic E-state index is 13.2. The number of benzene rings is 1. The van der Waals surface area contributed by atoms with Crippen molar-refractivity contribution in [2.24, 2.45) is 0 Å². The van der Waals surface area contributed by atoms with Crippen LogP contribution >= 0.6 is 0 Å². The van der Waals surface area contributed by atoms with Crippen molar-refractivity contribution < 1.29 is 32.2 Å². The molecule has 0 bridgehead atoms. The highest BCUT2D eigenvalue weighted by atomic mass is 19.2. The van der Waals surface area contributed by atoms with Gasteiger partial charge in [0.2, 0.25) is 6.29 Å². The fourth-order valence-electron chi connectivity index (χ4n) is 1.49. The number of carbonyl (C=O) groups excluding carboxylic acids is 1. The Labute approximate surface area is 86.3 Å². The number of rotatable bonds is 0. The number of aliphatic hydroxyl groups is 1. The lowest BCUT2D eigenvalue weighted by molar-refractivity contribution is -0.172. The van der Waals surface area contributed by atoms with Gasteiger partial charge in [0, 0.05) is 5.56 Å². The number of carbonyl (C=O) groups is 1. The molecule has 1 aliphatic rings. The van der Waals surface area contributed by atoms with Crippen molar-refractivity contribution in [1.82, 2.24) is 0 Å². The molecule has 0 saturated heterocycles. The summed E-state index contributed by atoms with van der Waals surface area (Å²) in [5.41, 5.74) is -1.60. The second-order valence-corrected chi connectivity index (χ2v) is 3.17. The molecular weight excluding hydrogens is 232 g/mol. The van der Waals surface area contributed by atoms with Crippen molar-refractivity contribution >= 4 is 5.97 Å². The van der Waals surface area contributed by atoms with Crippen LogP contribution in [0.3, 0.4) is 0 Å². The zero-order valence-electron chi connectivity index (χ0n) is 7.56. The van der Waals surface area contributed by atoms with Crippen LogP contribution in [0.25, 0.3) is 0 Å². The molecule has 1 atom stereocenters. The minimum absolute atomic E-state index is 0.722. The molecule has 1 aliphatic heterocycles. The van der Waals surface area contributed by atoms with E-state index in [0.29, 0.717) is 0 Å². The standard InChI is InChI=1S/C9H4F4O3/c10-5-2-1-3(14)16-9(15)4(2)6(11)8(13)7(5)12/h9,15H,1H2. The fraction of sp³-hybridized carbons (Fsp3) is 0.222. The topological polar surface area (TPSA) is 46.5 Å². The Bertz CT molecular complexity index is 486. The van der Waals surface area contributed by atoms with Crippen LogP contribution < -0.4 is 0 Å². The van der Waals surface area contributed by atoms with Crippen molar-refractivity contribution in [1.29, 1.82) is 0 Å². The van der Waals surface area contributed by atoms with Crippen LogP contribution in [0.4, 0.5) is 17.6 Å². The molecule has 1 aromatic carbocycles. The van der Waals surface area contributed by atoms with E-state index in [9.17, 15) is 22.4 Å². The van der Waals surface area contributed by atoms with Crippen molar-refractivity contribution in [3.05, 3.63) is 34.4 Å². The molecule has 0 aromatic heterocycles. The Balaban J connectivity index is 2.76. The third-order valence-electron chi connectivity index (χ3n) is 2.22. The maximum absolute atomic E-state index is 13.2. The van der Waals surface area contributed by atoms with Crippen molar-refractivity contribution in [3.63, 3.8) is 0 Å². The second-order valence-electron chi connectivity index (χ2n) is 3.17. The van der Waals surface area contributed by atoms with Gasteiger partial charge in [-0.2, -0.15) is 0 Å². The average molecular weight is 236 g/mol. The predicted molar refractivity (Wildman–Crippen MR) is 41.0 cm³/mol. The fourth-order valence-corrected chi connectivity index (χ4v) is 1.49. The number of ether oxygens (including phenoxy) is 1. The van der Waals surface area contributed by atoms with E-state index in [-0.39, 0.29) is 0 Å². The summed E-state index contributed by atoms with van der Waals surface area (Å²) in [7, 11) is 0. The summed E-state index contributed by atoms with van der Waals surface area (Å²) < 4.78 is 56.1. The van der Waals surface area contributed by atoms with Gasteiger partial charge in [-0.05, 0) is 0 Å². The molecule has 0 amide bonds. The molecule has 1 N–H and O–H groups in total. The van der Waals surface area contributed by atoms with Gasteiger partial charge < -0.3 is 9.84 Å². The Kier molecular flexibility index (Phi) is 2.34. The summed E-state index contributed by atoms with van der Waals surface area (Å²) in [5, 5.41) is 9.11. The number of hydrogen-bond donors (Lipinski definition) is 1. The van der Waals surface area contributed by atoms with Gasteiger partial charge in [0.15, 0.2) is 23.3 Å². The van der Waals surface area contributed by atoms with Crippen LogP contribution in [0.15, 0.2) is 0 Å². The summed E-state index contributed by atoms with van der Waals surface area (Å²) in [4.78, 5) is 10.8. The molecular formula is C9H4F4O3. The van der Waals surface area contributed by atoms with E-state index in [1.165, 1.54) is 0 Å². The highest BCUT2D eigenvalue weighted by molar-refractivity contribution is 5.75. The molecule has 1 unspecified atom stereocenters. The lowest BCUT2D eigenvalue weighted by Gasteiger charge is -2.22. The summed E-state index contributed by atoms with van der Waals surface area (Å²) in [6, 6.07) is 0. The van der Waals surface area contributed by atoms with Crippen LogP contribution in [-0.2, 0) is 16.0 Å². The monoisotopic (exact) mass is 236 g/mol. The Morgan fingerprint density at radius 3 is 2.25 bits per heavy atom. The molecule has 1 heterocycles. The second kappa shape index (κ2) is 3.44. The highest BCUT2D eigenvalue weighted by Crippen LogP contribution is 2.33. The lowest BCUT2D eigenvalue weighted by atomic mass is 9.99. The molecule has 16 heavy (non-hydrogen) atoms. The van der Waals surface area contributed by atoms with Crippen LogP contribution in [-0.4, -0.2) is 11.1 Å². The molecule has 0 fully saturated rings. The summed E-state index contributed by atoms with van der Waals surface area (Å²) in [5.74, 6) is -8.56. The van der Waals surface area contributed by atoms with E-state index >= 15 is 0 Å². The van der Waals surface area contributed by atoms with E-state index in [4.69, 9.17) is 5.11 Å². The first-order chi connectivity index (χ1) is 7.43. The zero-order valence-corrected chi connectivity index (χ0v) is 7.56. The quantitative estimate of drug-likeness (QED) is 0.320. The van der Waals surface area contributed by atoms with Crippen LogP contribution in [0.2, 0.25) is 0 Å². The molecule has 2 rings (SSSR count). The summed E-state index contributed by atoms with van der Waals surface area (Å²) in [6.45, 7) is 0. The zero-order chi connectivity index (χ0) is 12.0. The number of halogens is 4. The summed E-state index contributed by atoms with van der Waals surface area (Å²) >= 11 is 0. The van der Waals surface area contributed by atoms with E-state index < -0.39 is 53.1 Å². The Hall–Kier alpha value is -1.63. The average Bonchev–Trinajstić information content (AvgIpc) is 2.22. The van der Waals surface area contributed by atoms with Gasteiger partial charge in [-0.1, -0.05) is 0 Å². The van der Waals surface area contributed by atoms with Gasteiger partial charge in [0.25, 0.3) is 0 Å². The molecule has 1 aromatic rings. The highest BCUT2D eigenvalue weighted by Gasteiger charge is 2.35. The minimum Gasteiger partial charge on any atom is -0.431 e. The van der Waals surface area contributed by atoms with Crippen LogP contribution in [0.1, 0.15) is 17.4 Å². The van der Waals surface area contributed by atoms with E-state index in [1.54, 1.807) is 0 Å². The van der Waals surface area contributed by atoms with Gasteiger partial charge in [0.1, 0.15) is 0 Å². The minimum atomic E-state index is -2.12. The van der Waals surface area contributed by atoms with E-state index in [2.05, 4.69) is 4.74 Å². The number of fused-ring (bicyclic) bond motifs is 1. The largest absolute Gasteiger partial charge is 0.431 e. The molecule has 7 heteroatoms. The Morgan fingerprint density at radius 1 is 1.06 bits per heavy atom. The maximum Gasteiger partial charge on any atom is 0.312 e. The molecule has 0 radical (unpaired) electrons. The summed E-state index contributed by atoms with van der Waals surface area (Å²) in [6.07, 6.45) is -2.88. The SMILES string of the molecule is O=C1Cc2c(F)c(F)c(F)c(F)c2C(O)O1. The number of esters is 1. The van der Waals surface area contributed by atoms with Crippen molar-refractivity contribution in [3.8, 4) is 0 Å². The number of hydrogen-bond acceptors (Lipinski definition) is 3. The third-order valence-corrected chi connectivity index (χ3v) is 2.22. The normalized spacial score (nSPS) is 19.3. The first kappa shape index (κ1) is 10.9. The molecule has 86 valence electrons. The third kappa shape index (κ3) is 1.35. The van der Waals surface area contributed by atoms with Gasteiger partial charge in [-0.3, -0.25) is 4.79 Å². The predicted octanol–water partition coefficient (Wildman–Crippen LogP) is 1.33. The van der Waals surface area contributed by atoms with Crippen molar-refractivity contribution in [2.75, 3.05) is 0 Å². The number of aliphatic hydroxyl groups excluding tert-OH is 1. The molecule has 0 aliphatic carbocycles. The lowest BCUT2D eigenvalue weighted by Crippen LogP contribution is -2.25. The van der Waals surface area contributed by atoms with Gasteiger partial charge in [0.05, 0.1) is 12.0 Å². The molecule has 0 spiro atoms. The van der Waals surface area contributed by atoms with E-state index in [1.807, 2.05) is 0 Å². The molecule has 0 saturated carbocycles. The first-order valence-corrected chi connectivity index (χ1v) is 4.15. The Morgan fingerprint density at radius 2 is 1.62 bits per heavy atom. The van der Waals surface area contributed by atoms with Crippen LogP contribution in [0, 0.1) is 23.3 Å². The smallest absolute Gasteiger partial charge is 0.312 e. The molecule has 3 nitrogen and oxygen atoms in total. The van der Waals surface area contributed by atoms with Gasteiger partial charge in [-0.25, -0.2) is 17.6 Å². The van der Waals surface area contributed by atoms with Crippen molar-refractivity contribution in [2.45, 2.75) is 12.7 Å². The number of cyclic esters (lactones) is 1.